The highest BCUT2D eigenvalue weighted by atomic mass is 15.0. The summed E-state index contributed by atoms with van der Waals surface area (Å²) in [5.74, 6) is 0. The van der Waals surface area contributed by atoms with Crippen molar-refractivity contribution in [3.8, 4) is 0 Å². The van der Waals surface area contributed by atoms with Crippen LogP contribution in [-0.2, 0) is 0 Å². The van der Waals surface area contributed by atoms with Crippen molar-refractivity contribution in [1.82, 2.24) is 10.3 Å². The largest absolute Gasteiger partial charge is 0.374 e. The SMILES string of the molecule is C1=C/C2=C(\c3ccccc3)C3=N/C(=c4/cc/c([nH]4)=C(\c4ccccc4)C4C=CC(=C(c5ccccc5)C5=N/C(=C(/c6ccccc6)C6=NC(C=C6)C6=N/C(=C(/c7ccccc7)C7=NC(=C(c8ccccc8)C1=N2)C=C7)C=C6)C=C5)N4)C=C3. The molecule has 0 spiro atoms. The van der Waals surface area contributed by atoms with Crippen molar-refractivity contribution < 1.29 is 0 Å². The van der Waals surface area contributed by atoms with E-state index in [2.05, 4.69) is 265 Å². The van der Waals surface area contributed by atoms with Crippen LogP contribution in [0.3, 0.4) is 0 Å². The summed E-state index contributed by atoms with van der Waals surface area (Å²) in [7, 11) is 0. The predicted molar refractivity (Wildman–Crippen MR) is 339 cm³/mol. The number of rotatable bonds is 6. The fourth-order valence-electron chi connectivity index (χ4n) is 11.8. The quantitative estimate of drug-likeness (QED) is 0.170. The summed E-state index contributed by atoms with van der Waals surface area (Å²) in [6, 6.07) is 66.7. The van der Waals surface area contributed by atoms with Crippen molar-refractivity contribution >= 4 is 73.4 Å². The molecule has 8 aliphatic heterocycles. The second-order valence-electron chi connectivity index (χ2n) is 20.6. The van der Waals surface area contributed by atoms with E-state index in [0.717, 1.165) is 146 Å². The highest BCUT2D eigenvalue weighted by Crippen LogP contribution is 2.38. The molecule has 2 atom stereocenters. The molecule has 9 heterocycles. The molecule has 0 saturated carbocycles. The van der Waals surface area contributed by atoms with Crippen LogP contribution in [0.2, 0.25) is 0 Å². The van der Waals surface area contributed by atoms with Crippen LogP contribution in [0.25, 0.3) is 39.1 Å². The molecular weight excluding hydrogens is 1000 g/mol. The van der Waals surface area contributed by atoms with E-state index in [4.69, 9.17) is 30.0 Å². The number of aliphatic imine (C=N–C) groups is 6. The molecule has 0 fully saturated rings. The van der Waals surface area contributed by atoms with E-state index in [1.807, 2.05) is 24.3 Å². The number of fused-ring (bicyclic) bond motifs is 11. The fourth-order valence-corrected chi connectivity index (χ4v) is 11.8. The van der Waals surface area contributed by atoms with E-state index >= 15 is 0 Å². The van der Waals surface area contributed by atoms with Gasteiger partial charge in [-0.15, -0.1) is 0 Å². The molecule has 7 aromatic rings. The highest BCUT2D eigenvalue weighted by Gasteiger charge is 2.30. The first-order valence-electron chi connectivity index (χ1n) is 27.7. The summed E-state index contributed by atoms with van der Waals surface area (Å²) in [4.78, 5) is 36.5. The first kappa shape index (κ1) is 48.2. The first-order chi connectivity index (χ1) is 40.6. The lowest BCUT2D eigenvalue weighted by Gasteiger charge is -2.18. The Morgan fingerprint density at radius 2 is 0.659 bits per heavy atom. The second-order valence-corrected chi connectivity index (χ2v) is 20.6. The van der Waals surface area contributed by atoms with Crippen LogP contribution in [0.4, 0.5) is 0 Å². The number of aromatic amines is 1. The molecule has 0 amide bonds. The van der Waals surface area contributed by atoms with Gasteiger partial charge >= 0.3 is 0 Å². The Morgan fingerprint density at radius 3 is 1.15 bits per heavy atom. The molecule has 1 aromatic heterocycles. The minimum Gasteiger partial charge on any atom is -0.374 e. The van der Waals surface area contributed by atoms with E-state index in [0.29, 0.717) is 0 Å². The Morgan fingerprint density at radius 1 is 0.280 bits per heavy atom. The number of allylic oxidation sites excluding steroid dienone is 15. The normalized spacial score (nSPS) is 23.6. The minimum atomic E-state index is -0.321. The van der Waals surface area contributed by atoms with Crippen LogP contribution in [0, 0.1) is 0 Å². The zero-order valence-corrected chi connectivity index (χ0v) is 44.4. The molecular formula is C74H50N8. The summed E-state index contributed by atoms with van der Waals surface area (Å²) in [6.45, 7) is 0. The summed E-state index contributed by atoms with van der Waals surface area (Å²) in [5, 5.41) is 5.87. The fraction of sp³-hybridized carbons (Fsp3) is 0.0270. The van der Waals surface area contributed by atoms with Crippen LogP contribution >= 0.6 is 0 Å². The van der Waals surface area contributed by atoms with E-state index < -0.39 is 0 Å². The summed E-state index contributed by atoms with van der Waals surface area (Å²) < 4.78 is 0. The molecule has 0 radical (unpaired) electrons. The van der Waals surface area contributed by atoms with E-state index in [9.17, 15) is 0 Å². The van der Waals surface area contributed by atoms with Gasteiger partial charge in [0, 0.05) is 44.5 Å². The number of hydrogen-bond donors (Lipinski definition) is 2. The number of benzene rings is 6. The van der Waals surface area contributed by atoms with Crippen LogP contribution < -0.4 is 16.0 Å². The van der Waals surface area contributed by atoms with Crippen LogP contribution in [-0.4, -0.2) is 51.3 Å². The molecule has 0 saturated heterocycles. The first-order valence-corrected chi connectivity index (χ1v) is 27.7. The third kappa shape index (κ3) is 8.94. The van der Waals surface area contributed by atoms with Crippen LogP contribution in [0.5, 0.6) is 0 Å². The molecule has 6 aromatic carbocycles. The van der Waals surface area contributed by atoms with Gasteiger partial charge in [-0.2, -0.15) is 0 Å². The lowest BCUT2D eigenvalue weighted by atomic mass is 9.98. The van der Waals surface area contributed by atoms with Gasteiger partial charge in [0.2, 0.25) is 0 Å². The number of nitrogens with one attached hydrogen (secondary N) is 2. The molecule has 8 heteroatoms. The number of nitrogens with zero attached hydrogens (tertiary/aromatic N) is 6. The molecule has 8 aliphatic rings. The average molecular weight is 1050 g/mol. The Kier molecular flexibility index (Phi) is 12.2. The maximum Gasteiger partial charge on any atom is 0.111 e. The van der Waals surface area contributed by atoms with Crippen molar-refractivity contribution in [3.63, 3.8) is 0 Å². The average Bonchev–Trinajstić information content (AvgIpc) is 4.51. The van der Waals surface area contributed by atoms with Gasteiger partial charge in [-0.1, -0.05) is 194 Å². The van der Waals surface area contributed by atoms with Gasteiger partial charge in [-0.3, -0.25) is 9.98 Å². The Hall–Kier alpha value is -11.0. The molecule has 82 heavy (non-hydrogen) atoms. The maximum atomic E-state index is 5.51. The molecule has 0 aliphatic carbocycles. The third-order valence-corrected chi connectivity index (χ3v) is 15.5. The van der Waals surface area contributed by atoms with Crippen LogP contribution in [0.1, 0.15) is 33.4 Å². The smallest absolute Gasteiger partial charge is 0.111 e. The maximum absolute atomic E-state index is 5.51. The molecule has 2 unspecified atom stereocenters. The van der Waals surface area contributed by atoms with Gasteiger partial charge in [0.05, 0.1) is 74.1 Å². The number of aromatic nitrogens is 1. The Labute approximate surface area is 475 Å². The Balaban J connectivity index is 0.957. The van der Waals surface area contributed by atoms with Gasteiger partial charge < -0.3 is 10.3 Å². The lowest BCUT2D eigenvalue weighted by molar-refractivity contribution is 0.857. The molecule has 16 bridgehead atoms. The summed E-state index contributed by atoms with van der Waals surface area (Å²) in [5.41, 5.74) is 22.1. The molecule has 8 nitrogen and oxygen atoms in total. The zero-order chi connectivity index (χ0) is 54.3. The minimum absolute atomic E-state index is 0.183. The molecule has 15 rings (SSSR count). The zero-order valence-electron chi connectivity index (χ0n) is 44.4. The molecule has 2 N–H and O–H groups in total. The van der Waals surface area contributed by atoms with Crippen molar-refractivity contribution in [3.05, 3.63) is 352 Å². The van der Waals surface area contributed by atoms with Gasteiger partial charge in [0.15, 0.2) is 0 Å². The molecule has 386 valence electrons. The highest BCUT2D eigenvalue weighted by molar-refractivity contribution is 6.39. The number of hydrogen-bond acceptors (Lipinski definition) is 7. The van der Waals surface area contributed by atoms with E-state index in [1.165, 1.54) is 0 Å². The van der Waals surface area contributed by atoms with Crippen molar-refractivity contribution in [2.45, 2.75) is 12.1 Å². The van der Waals surface area contributed by atoms with Crippen LogP contribution in [0.15, 0.2) is 338 Å². The topological polar surface area (TPSA) is 102 Å². The van der Waals surface area contributed by atoms with Crippen molar-refractivity contribution in [2.24, 2.45) is 30.0 Å². The Bertz CT molecular complexity index is 4560. The third-order valence-electron chi connectivity index (χ3n) is 15.5. The van der Waals surface area contributed by atoms with Crippen molar-refractivity contribution in [2.75, 3.05) is 0 Å². The van der Waals surface area contributed by atoms with Gasteiger partial charge in [0.1, 0.15) is 6.04 Å². The summed E-state index contributed by atoms with van der Waals surface area (Å²) >= 11 is 0. The van der Waals surface area contributed by atoms with Gasteiger partial charge in [0.25, 0.3) is 0 Å². The predicted octanol–water partition coefficient (Wildman–Crippen LogP) is 13.4. The summed E-state index contributed by atoms with van der Waals surface area (Å²) in [6.07, 6.45) is 29.8. The number of H-pyrrole nitrogens is 1. The lowest BCUT2D eigenvalue weighted by Crippen LogP contribution is -2.29. The monoisotopic (exact) mass is 1050 g/mol. The van der Waals surface area contributed by atoms with E-state index in [-0.39, 0.29) is 12.1 Å². The van der Waals surface area contributed by atoms with E-state index in [1.54, 1.807) is 0 Å². The standard InChI is InChI=1S/C74H50N8/c1-7-19-47(20-8-1)69-57-35-31-53(75-57)54-32-36-58(76-54)70(48-21-9-2-10-22-48)63-41-45-67(81-63)74(52-29-17-6-18-30-52)68-46-42-64(82-68)72(50-25-13-4-14-26-50)60-38-34-56(78-60)55-33-37-59(77-55)71(49-23-11-3-12-24-49)62-40-44-66(80-62)73(51-27-15-5-16-28-51)65-43-39-61(69)79-65/h1-46,53,62,77,80H/b56-55-,69-61-,70-58-,71-59-,72-64-,73-66?,74-67?. The van der Waals surface area contributed by atoms with Gasteiger partial charge in [-0.25, -0.2) is 20.0 Å². The second kappa shape index (κ2) is 20.7. The van der Waals surface area contributed by atoms with Gasteiger partial charge in [-0.05, 0) is 118 Å². The van der Waals surface area contributed by atoms with Crippen molar-refractivity contribution in [1.29, 1.82) is 0 Å².